The number of hydrogen-bond acceptors (Lipinski definition) is 7. The molecule has 0 aliphatic heterocycles. The smallest absolute Gasteiger partial charge is 0.412 e. The number of aromatic nitrogens is 4. The van der Waals surface area contributed by atoms with Crippen LogP contribution in [0.2, 0.25) is 0 Å². The van der Waals surface area contributed by atoms with Gasteiger partial charge in [0.05, 0.1) is 0 Å². The van der Waals surface area contributed by atoms with Gasteiger partial charge in [-0.2, -0.15) is 5.10 Å². The van der Waals surface area contributed by atoms with E-state index in [1.807, 2.05) is 63.2 Å². The molecule has 0 aliphatic carbocycles. The quantitative estimate of drug-likeness (QED) is 0.289. The molecule has 9 nitrogen and oxygen atoms in total. The van der Waals surface area contributed by atoms with Crippen LogP contribution in [0.1, 0.15) is 44.9 Å². The number of hydrogen-bond donors (Lipinski definition) is 4. The van der Waals surface area contributed by atoms with Gasteiger partial charge in [-0.25, -0.2) is 14.8 Å². The number of carbonyl (C=O) groups is 1. The van der Waals surface area contributed by atoms with Gasteiger partial charge in [0, 0.05) is 18.3 Å². The molecule has 34 heavy (non-hydrogen) atoms. The van der Waals surface area contributed by atoms with Gasteiger partial charge in [-0.1, -0.05) is 42.5 Å². The van der Waals surface area contributed by atoms with E-state index in [0.717, 1.165) is 16.5 Å². The number of amides is 1. The number of benzene rings is 2. The fourth-order valence-corrected chi connectivity index (χ4v) is 3.49. The average molecular weight is 460 g/mol. The summed E-state index contributed by atoms with van der Waals surface area (Å²) in [6.07, 6.45) is 1.02. The van der Waals surface area contributed by atoms with Crippen molar-refractivity contribution in [2.75, 3.05) is 16.0 Å². The van der Waals surface area contributed by atoms with Crippen molar-refractivity contribution in [3.8, 4) is 0 Å². The number of rotatable bonds is 7. The van der Waals surface area contributed by atoms with Crippen molar-refractivity contribution in [2.45, 2.75) is 45.9 Å². The van der Waals surface area contributed by atoms with Crippen LogP contribution in [-0.2, 0) is 11.3 Å². The normalized spacial score (nSPS) is 12.2. The number of carbonyl (C=O) groups excluding carboxylic acids is 1. The first-order chi connectivity index (χ1) is 16.3. The maximum absolute atomic E-state index is 12.1. The van der Waals surface area contributed by atoms with E-state index in [1.54, 1.807) is 0 Å². The van der Waals surface area contributed by atoms with Crippen molar-refractivity contribution in [1.82, 2.24) is 20.2 Å². The molecule has 0 saturated heterocycles. The maximum atomic E-state index is 12.1. The van der Waals surface area contributed by atoms with E-state index in [-0.39, 0.29) is 6.04 Å². The van der Waals surface area contributed by atoms with E-state index >= 15 is 0 Å². The highest BCUT2D eigenvalue weighted by Gasteiger charge is 2.17. The summed E-state index contributed by atoms with van der Waals surface area (Å²) in [6.45, 7) is 8.06. The standard InChI is InChI=1S/C25H29N7O2/c1-16(18-10-6-5-7-11-18)29-21-20-22(31-32-23(20)28-15-27-21)26-14-17-9-8-12-19(13-17)30-24(33)34-25(2,3)4/h5-13,15-16H,14H2,1-4H3,(H,30,33)(H3,26,27,28,29,31,32)/t16-/m1/s1. The number of nitrogens with one attached hydrogen (secondary N) is 4. The van der Waals surface area contributed by atoms with Crippen molar-refractivity contribution >= 4 is 34.4 Å². The Morgan fingerprint density at radius 2 is 1.85 bits per heavy atom. The van der Waals surface area contributed by atoms with Gasteiger partial charge in [0.25, 0.3) is 0 Å². The second kappa shape index (κ2) is 9.78. The van der Waals surface area contributed by atoms with Crippen LogP contribution >= 0.6 is 0 Å². The Labute approximate surface area is 198 Å². The van der Waals surface area contributed by atoms with E-state index in [4.69, 9.17) is 4.74 Å². The number of ether oxygens (including phenoxy) is 1. The zero-order chi connectivity index (χ0) is 24.1. The van der Waals surface area contributed by atoms with Gasteiger partial charge in [-0.15, -0.1) is 0 Å². The summed E-state index contributed by atoms with van der Waals surface area (Å²) >= 11 is 0. The number of nitrogens with zero attached hydrogens (tertiary/aromatic N) is 3. The third kappa shape index (κ3) is 5.80. The first-order valence-electron chi connectivity index (χ1n) is 11.1. The molecule has 176 valence electrons. The summed E-state index contributed by atoms with van der Waals surface area (Å²) in [5, 5.41) is 17.7. The summed E-state index contributed by atoms with van der Waals surface area (Å²) in [4.78, 5) is 20.8. The van der Waals surface area contributed by atoms with E-state index < -0.39 is 11.7 Å². The Kier molecular flexibility index (Phi) is 6.62. The first kappa shape index (κ1) is 23.0. The van der Waals surface area contributed by atoms with E-state index in [9.17, 15) is 4.79 Å². The largest absolute Gasteiger partial charge is 0.444 e. The highest BCUT2D eigenvalue weighted by atomic mass is 16.6. The highest BCUT2D eigenvalue weighted by molar-refractivity contribution is 5.96. The van der Waals surface area contributed by atoms with Crippen LogP contribution in [-0.4, -0.2) is 31.9 Å². The van der Waals surface area contributed by atoms with Crippen molar-refractivity contribution in [2.24, 2.45) is 0 Å². The Bertz CT molecular complexity index is 1270. The Morgan fingerprint density at radius 3 is 2.62 bits per heavy atom. The zero-order valence-electron chi connectivity index (χ0n) is 19.7. The van der Waals surface area contributed by atoms with Gasteiger partial charge in [0.2, 0.25) is 0 Å². The zero-order valence-corrected chi connectivity index (χ0v) is 19.7. The molecule has 2 heterocycles. The van der Waals surface area contributed by atoms with Gasteiger partial charge in [0.1, 0.15) is 23.1 Å². The number of anilines is 3. The van der Waals surface area contributed by atoms with E-state index in [0.29, 0.717) is 29.5 Å². The van der Waals surface area contributed by atoms with Gasteiger partial charge >= 0.3 is 6.09 Å². The van der Waals surface area contributed by atoms with Crippen LogP contribution in [0, 0.1) is 0 Å². The predicted molar refractivity (Wildman–Crippen MR) is 134 cm³/mol. The molecule has 0 saturated carbocycles. The number of fused-ring (bicyclic) bond motifs is 1. The van der Waals surface area contributed by atoms with Crippen molar-refractivity contribution in [3.63, 3.8) is 0 Å². The third-order valence-corrected chi connectivity index (χ3v) is 5.04. The van der Waals surface area contributed by atoms with Crippen molar-refractivity contribution < 1.29 is 9.53 Å². The summed E-state index contributed by atoms with van der Waals surface area (Å²) in [5.74, 6) is 1.34. The van der Waals surface area contributed by atoms with Gasteiger partial charge in [-0.3, -0.25) is 10.4 Å². The monoisotopic (exact) mass is 459 g/mol. The summed E-state index contributed by atoms with van der Waals surface area (Å²) in [5.41, 5.74) is 2.86. The fraction of sp³-hybridized carbons (Fsp3) is 0.280. The van der Waals surface area contributed by atoms with Crippen LogP contribution < -0.4 is 16.0 Å². The molecule has 4 rings (SSSR count). The molecule has 9 heteroatoms. The SMILES string of the molecule is C[C@@H](Nc1ncnc2[nH]nc(NCc3cccc(NC(=O)OC(C)(C)C)c3)c12)c1ccccc1. The first-order valence-corrected chi connectivity index (χ1v) is 11.1. The van der Waals surface area contributed by atoms with Crippen molar-refractivity contribution in [1.29, 1.82) is 0 Å². The van der Waals surface area contributed by atoms with Crippen LogP contribution in [0.5, 0.6) is 0 Å². The van der Waals surface area contributed by atoms with Crippen LogP contribution in [0.3, 0.4) is 0 Å². The minimum absolute atomic E-state index is 0.0534. The van der Waals surface area contributed by atoms with Gasteiger partial charge in [0.15, 0.2) is 11.5 Å². The molecule has 0 spiro atoms. The topological polar surface area (TPSA) is 117 Å². The molecular formula is C25H29N7O2. The second-order valence-electron chi connectivity index (χ2n) is 8.98. The molecule has 0 bridgehead atoms. The molecule has 2 aromatic carbocycles. The molecule has 2 aromatic heterocycles. The Hall–Kier alpha value is -4.14. The fourth-order valence-electron chi connectivity index (χ4n) is 3.49. The minimum atomic E-state index is -0.559. The van der Waals surface area contributed by atoms with E-state index in [1.165, 1.54) is 6.33 Å². The second-order valence-corrected chi connectivity index (χ2v) is 8.98. The molecular weight excluding hydrogens is 430 g/mol. The van der Waals surface area contributed by atoms with Gasteiger partial charge < -0.3 is 15.4 Å². The lowest BCUT2D eigenvalue weighted by Gasteiger charge is -2.19. The molecule has 4 aromatic rings. The molecule has 0 fully saturated rings. The van der Waals surface area contributed by atoms with Crippen LogP contribution in [0.15, 0.2) is 60.9 Å². The molecule has 4 N–H and O–H groups in total. The average Bonchev–Trinajstić information content (AvgIpc) is 3.21. The molecule has 0 aliphatic rings. The van der Waals surface area contributed by atoms with Gasteiger partial charge in [-0.05, 0) is 51.0 Å². The summed E-state index contributed by atoms with van der Waals surface area (Å²) in [6, 6.07) is 17.8. The summed E-state index contributed by atoms with van der Waals surface area (Å²) < 4.78 is 5.32. The number of H-pyrrole nitrogens is 1. The highest BCUT2D eigenvalue weighted by Crippen LogP contribution is 2.28. The maximum Gasteiger partial charge on any atom is 0.412 e. The lowest BCUT2D eigenvalue weighted by molar-refractivity contribution is 0.0636. The van der Waals surface area contributed by atoms with Crippen molar-refractivity contribution in [3.05, 3.63) is 72.1 Å². The molecule has 1 atom stereocenters. The third-order valence-electron chi connectivity index (χ3n) is 5.04. The molecule has 0 radical (unpaired) electrons. The predicted octanol–water partition coefficient (Wildman–Crippen LogP) is 5.49. The van der Waals surface area contributed by atoms with E-state index in [2.05, 4.69) is 55.2 Å². The minimum Gasteiger partial charge on any atom is -0.444 e. The lowest BCUT2D eigenvalue weighted by Crippen LogP contribution is -2.27. The molecule has 0 unspecified atom stereocenters. The summed E-state index contributed by atoms with van der Waals surface area (Å²) in [7, 11) is 0. The number of aromatic amines is 1. The van der Waals surface area contributed by atoms with Crippen LogP contribution in [0.25, 0.3) is 11.0 Å². The molecule has 1 amide bonds. The lowest BCUT2D eigenvalue weighted by atomic mass is 10.1. The Morgan fingerprint density at radius 1 is 1.06 bits per heavy atom. The van der Waals surface area contributed by atoms with Crippen LogP contribution in [0.4, 0.5) is 22.1 Å². The Balaban J connectivity index is 1.48.